The quantitative estimate of drug-likeness (QED) is 0.460. The van der Waals surface area contributed by atoms with Crippen LogP contribution < -0.4 is 5.32 Å². The van der Waals surface area contributed by atoms with Crippen molar-refractivity contribution in [2.45, 2.75) is 13.8 Å². The van der Waals surface area contributed by atoms with Gasteiger partial charge in [0, 0.05) is 5.56 Å². The Hall–Kier alpha value is -3.30. The molecule has 0 aliphatic carbocycles. The van der Waals surface area contributed by atoms with Gasteiger partial charge in [-0.2, -0.15) is 0 Å². The Kier molecular flexibility index (Phi) is 5.97. The van der Waals surface area contributed by atoms with Crippen molar-refractivity contribution < 1.29 is 14.2 Å². The molecule has 156 valence electrons. The summed E-state index contributed by atoms with van der Waals surface area (Å²) in [6, 6.07) is 15.4. The highest BCUT2D eigenvalue weighted by Gasteiger charge is 2.33. The van der Waals surface area contributed by atoms with Crippen molar-refractivity contribution in [3.63, 3.8) is 0 Å². The van der Waals surface area contributed by atoms with Crippen LogP contribution in [0.2, 0.25) is 0 Å². The zero-order valence-corrected chi connectivity index (χ0v) is 18.4. The van der Waals surface area contributed by atoms with E-state index >= 15 is 0 Å². The van der Waals surface area contributed by atoms with E-state index in [0.29, 0.717) is 14.9 Å². The third-order valence-electron chi connectivity index (χ3n) is 4.67. The Morgan fingerprint density at radius 2 is 1.97 bits per heavy atom. The molecule has 2 amide bonds. The number of rotatable bonds is 5. The summed E-state index contributed by atoms with van der Waals surface area (Å²) in [4.78, 5) is 27.2. The lowest BCUT2D eigenvalue weighted by Crippen LogP contribution is -2.36. The van der Waals surface area contributed by atoms with E-state index in [1.54, 1.807) is 6.08 Å². The van der Waals surface area contributed by atoms with Crippen LogP contribution >= 0.6 is 24.0 Å². The van der Waals surface area contributed by atoms with Crippen molar-refractivity contribution in [2.75, 3.05) is 11.9 Å². The van der Waals surface area contributed by atoms with Crippen molar-refractivity contribution in [1.82, 2.24) is 15.2 Å². The number of nitrogens with one attached hydrogen (secondary N) is 1. The average Bonchev–Trinajstić information content (AvgIpc) is 3.30. The van der Waals surface area contributed by atoms with Crippen molar-refractivity contribution in [3.8, 4) is 11.3 Å². The molecule has 0 spiro atoms. The van der Waals surface area contributed by atoms with E-state index in [2.05, 4.69) is 15.6 Å². The number of thioether (sulfide) groups is 1. The molecule has 2 aromatic carbocycles. The topological polar surface area (TPSA) is 88.3 Å². The lowest BCUT2D eigenvalue weighted by Gasteiger charge is -2.13. The molecule has 1 aliphatic rings. The number of nitrogens with zero attached hydrogens (tertiary/aromatic N) is 3. The number of aryl methyl sites for hydroxylation is 2. The van der Waals surface area contributed by atoms with Crippen molar-refractivity contribution >= 4 is 52.0 Å². The summed E-state index contributed by atoms with van der Waals surface area (Å²) in [5.41, 5.74) is 4.15. The molecule has 9 heteroatoms. The molecule has 1 N–H and O–H groups in total. The fourth-order valence-electron chi connectivity index (χ4n) is 3.09. The second-order valence-corrected chi connectivity index (χ2v) is 8.68. The van der Waals surface area contributed by atoms with E-state index in [0.717, 1.165) is 22.3 Å². The fraction of sp³-hybridized carbons (Fsp3) is 0.136. The van der Waals surface area contributed by atoms with E-state index in [4.69, 9.17) is 16.8 Å². The lowest BCUT2D eigenvalue weighted by atomic mass is 10.0. The maximum absolute atomic E-state index is 12.8. The number of anilines is 1. The Labute approximate surface area is 188 Å². The summed E-state index contributed by atoms with van der Waals surface area (Å²) in [7, 11) is 0. The van der Waals surface area contributed by atoms with Crippen molar-refractivity contribution in [3.05, 3.63) is 70.1 Å². The maximum atomic E-state index is 12.8. The predicted octanol–water partition coefficient (Wildman–Crippen LogP) is 4.19. The van der Waals surface area contributed by atoms with E-state index in [1.807, 2.05) is 62.4 Å². The first-order valence-corrected chi connectivity index (χ1v) is 10.7. The van der Waals surface area contributed by atoms with Crippen LogP contribution in [0.5, 0.6) is 0 Å². The maximum Gasteiger partial charge on any atom is 0.266 e. The summed E-state index contributed by atoms with van der Waals surface area (Å²) in [5, 5.41) is 10.4. The van der Waals surface area contributed by atoms with Crippen LogP contribution in [-0.4, -0.2) is 37.9 Å². The summed E-state index contributed by atoms with van der Waals surface area (Å²) in [6.45, 7) is 3.68. The predicted molar refractivity (Wildman–Crippen MR) is 124 cm³/mol. The first kappa shape index (κ1) is 21.0. The molecule has 3 aromatic rings. The minimum absolute atomic E-state index is 0.198. The Morgan fingerprint density at radius 3 is 2.74 bits per heavy atom. The highest BCUT2D eigenvalue weighted by atomic mass is 32.2. The summed E-state index contributed by atoms with van der Waals surface area (Å²) >= 11 is 6.48. The van der Waals surface area contributed by atoms with Crippen LogP contribution in [0.3, 0.4) is 0 Å². The van der Waals surface area contributed by atoms with E-state index in [-0.39, 0.29) is 18.3 Å². The van der Waals surface area contributed by atoms with Gasteiger partial charge in [0.2, 0.25) is 11.7 Å². The molecule has 1 fully saturated rings. The highest BCUT2D eigenvalue weighted by molar-refractivity contribution is 8.26. The summed E-state index contributed by atoms with van der Waals surface area (Å²) in [5.74, 6) is -0.550. The SMILES string of the molecule is Cc1ccc(C)c(-c2nonc2NC(=O)CN2C(=O)/C(=C/c3ccccc3)SC2=S)c1. The van der Waals surface area contributed by atoms with E-state index < -0.39 is 5.91 Å². The molecular weight excluding hydrogens is 432 g/mol. The zero-order valence-electron chi connectivity index (χ0n) is 16.8. The number of carbonyl (C=O) groups excluding carboxylic acids is 2. The summed E-state index contributed by atoms with van der Waals surface area (Å²) in [6.07, 6.45) is 1.76. The third kappa shape index (κ3) is 4.57. The fourth-order valence-corrected chi connectivity index (χ4v) is 4.35. The monoisotopic (exact) mass is 450 g/mol. The van der Waals surface area contributed by atoms with Gasteiger partial charge in [-0.15, -0.1) is 0 Å². The van der Waals surface area contributed by atoms with Crippen LogP contribution in [-0.2, 0) is 9.59 Å². The molecule has 1 saturated heterocycles. The van der Waals surface area contributed by atoms with Crippen LogP contribution in [0.15, 0.2) is 58.1 Å². The van der Waals surface area contributed by atoms with Crippen LogP contribution in [0.1, 0.15) is 16.7 Å². The van der Waals surface area contributed by atoms with Crippen LogP contribution in [0.25, 0.3) is 17.3 Å². The summed E-state index contributed by atoms with van der Waals surface area (Å²) < 4.78 is 5.19. The molecule has 0 bridgehead atoms. The Balaban J connectivity index is 1.48. The number of amides is 2. The zero-order chi connectivity index (χ0) is 22.0. The van der Waals surface area contributed by atoms with Crippen molar-refractivity contribution in [1.29, 1.82) is 0 Å². The standard InChI is InChI=1S/C22H18N4O3S2/c1-13-8-9-14(2)16(10-13)19-20(25-29-24-19)23-18(27)12-26-21(28)17(31-22(26)30)11-15-6-4-3-5-7-15/h3-11H,12H2,1-2H3,(H,23,25,27)/b17-11-. The largest absolute Gasteiger partial charge is 0.304 e. The number of hydrogen-bond acceptors (Lipinski definition) is 7. The first-order valence-electron chi connectivity index (χ1n) is 9.43. The second kappa shape index (κ2) is 8.83. The van der Waals surface area contributed by atoms with Gasteiger partial charge in [-0.05, 0) is 47.4 Å². The Morgan fingerprint density at radius 1 is 1.19 bits per heavy atom. The lowest BCUT2D eigenvalue weighted by molar-refractivity contribution is -0.126. The van der Waals surface area contributed by atoms with Gasteiger partial charge in [0.1, 0.15) is 10.9 Å². The van der Waals surface area contributed by atoms with E-state index in [9.17, 15) is 9.59 Å². The van der Waals surface area contributed by atoms with Gasteiger partial charge < -0.3 is 5.32 Å². The number of benzene rings is 2. The minimum Gasteiger partial charge on any atom is -0.304 e. The van der Waals surface area contributed by atoms with Gasteiger partial charge >= 0.3 is 0 Å². The molecule has 1 aromatic heterocycles. The molecule has 31 heavy (non-hydrogen) atoms. The molecule has 2 heterocycles. The third-order valence-corrected chi connectivity index (χ3v) is 6.04. The number of hydrogen-bond donors (Lipinski definition) is 1. The Bertz CT molecular complexity index is 1200. The average molecular weight is 451 g/mol. The van der Waals surface area contributed by atoms with Crippen LogP contribution in [0.4, 0.5) is 5.82 Å². The van der Waals surface area contributed by atoms with Gasteiger partial charge in [-0.25, -0.2) is 4.63 Å². The molecule has 0 saturated carbocycles. The number of thiocarbonyl (C=S) groups is 1. The highest BCUT2D eigenvalue weighted by Crippen LogP contribution is 2.33. The van der Waals surface area contributed by atoms with Gasteiger partial charge in [0.25, 0.3) is 5.91 Å². The molecular formula is C22H18N4O3S2. The number of carbonyl (C=O) groups is 2. The smallest absolute Gasteiger partial charge is 0.266 e. The van der Waals surface area contributed by atoms with Crippen LogP contribution in [0, 0.1) is 13.8 Å². The van der Waals surface area contributed by atoms with Gasteiger partial charge in [-0.3, -0.25) is 14.5 Å². The molecule has 0 unspecified atom stereocenters. The van der Waals surface area contributed by atoms with Gasteiger partial charge in [0.05, 0.1) is 4.91 Å². The second-order valence-electron chi connectivity index (χ2n) is 7.01. The molecule has 1 aliphatic heterocycles. The molecule has 7 nitrogen and oxygen atoms in total. The molecule has 0 radical (unpaired) electrons. The molecule has 4 rings (SSSR count). The van der Waals surface area contributed by atoms with Crippen molar-refractivity contribution in [2.24, 2.45) is 0 Å². The normalized spacial score (nSPS) is 15.0. The first-order chi connectivity index (χ1) is 14.9. The van der Waals surface area contributed by atoms with Gasteiger partial charge in [0.15, 0.2) is 5.69 Å². The minimum atomic E-state index is -0.445. The molecule has 0 atom stereocenters. The van der Waals surface area contributed by atoms with Gasteiger partial charge in [-0.1, -0.05) is 72.0 Å². The van der Waals surface area contributed by atoms with E-state index in [1.165, 1.54) is 16.7 Å². The number of aromatic nitrogens is 2.